The third-order valence-electron chi connectivity index (χ3n) is 5.18. The molecular weight excluding hydrogens is 420 g/mol. The molecule has 0 aliphatic heterocycles. The molecule has 0 saturated heterocycles. The van der Waals surface area contributed by atoms with Gasteiger partial charge in [-0.05, 0) is 49.9 Å². The van der Waals surface area contributed by atoms with E-state index in [9.17, 15) is 9.59 Å². The van der Waals surface area contributed by atoms with Gasteiger partial charge in [0.2, 0.25) is 5.91 Å². The number of rotatable bonds is 8. The molecule has 2 aromatic carbocycles. The molecule has 1 aromatic heterocycles. The van der Waals surface area contributed by atoms with E-state index in [0.29, 0.717) is 24.4 Å². The molecule has 0 spiro atoms. The highest BCUT2D eigenvalue weighted by molar-refractivity contribution is 7.09. The lowest BCUT2D eigenvalue weighted by atomic mass is 10.0. The summed E-state index contributed by atoms with van der Waals surface area (Å²) in [5, 5.41) is 2.01. The average Bonchev–Trinajstić information content (AvgIpc) is 3.29. The molecule has 0 radical (unpaired) electrons. The molecule has 3 rings (SSSR count). The van der Waals surface area contributed by atoms with Crippen molar-refractivity contribution < 1.29 is 14.3 Å². The molecule has 1 heterocycles. The van der Waals surface area contributed by atoms with E-state index in [4.69, 9.17) is 4.74 Å². The topological polar surface area (TPSA) is 49.9 Å². The second kappa shape index (κ2) is 10.5. The van der Waals surface area contributed by atoms with Crippen molar-refractivity contribution in [1.29, 1.82) is 0 Å². The summed E-state index contributed by atoms with van der Waals surface area (Å²) in [5.41, 5.74) is 0.955. The van der Waals surface area contributed by atoms with Gasteiger partial charge in [0.05, 0.1) is 19.2 Å². The van der Waals surface area contributed by atoms with Crippen LogP contribution < -0.4 is 4.74 Å². The van der Waals surface area contributed by atoms with Crippen LogP contribution in [0.5, 0.6) is 5.75 Å². The smallest absolute Gasteiger partial charge is 0.258 e. The van der Waals surface area contributed by atoms with Crippen LogP contribution in [0.2, 0.25) is 0 Å². The predicted octanol–water partition coefficient (Wildman–Crippen LogP) is 5.23. The molecule has 3 aromatic rings. The minimum atomic E-state index is -0.547. The number of benzene rings is 2. The first-order valence-electron chi connectivity index (χ1n) is 10.6. The molecule has 0 unspecified atom stereocenters. The normalized spacial score (nSPS) is 11.1. The summed E-state index contributed by atoms with van der Waals surface area (Å²) in [4.78, 5) is 31.6. The Morgan fingerprint density at radius 3 is 2.22 bits per heavy atom. The van der Waals surface area contributed by atoms with Gasteiger partial charge in [0, 0.05) is 17.0 Å². The van der Waals surface area contributed by atoms with Crippen molar-refractivity contribution in [1.82, 2.24) is 9.80 Å². The van der Waals surface area contributed by atoms with Crippen molar-refractivity contribution in [2.75, 3.05) is 13.7 Å². The number of hydrogen-bond acceptors (Lipinski definition) is 4. The van der Waals surface area contributed by atoms with E-state index in [2.05, 4.69) is 0 Å². The van der Waals surface area contributed by atoms with Crippen molar-refractivity contribution in [2.45, 2.75) is 39.4 Å². The highest BCUT2D eigenvalue weighted by Crippen LogP contribution is 2.24. The van der Waals surface area contributed by atoms with Crippen LogP contribution in [0.15, 0.2) is 72.1 Å². The second-order valence-corrected chi connectivity index (χ2v) is 9.61. The number of thiophene rings is 1. The molecule has 0 atom stereocenters. The van der Waals surface area contributed by atoms with Gasteiger partial charge in [-0.1, -0.05) is 48.5 Å². The Labute approximate surface area is 194 Å². The fourth-order valence-corrected chi connectivity index (χ4v) is 4.16. The van der Waals surface area contributed by atoms with E-state index < -0.39 is 5.54 Å². The number of carbonyl (C=O) groups is 2. The van der Waals surface area contributed by atoms with Crippen LogP contribution in [-0.2, 0) is 17.9 Å². The maximum atomic E-state index is 13.5. The summed E-state index contributed by atoms with van der Waals surface area (Å²) in [6.45, 7) is 6.79. The van der Waals surface area contributed by atoms with Gasteiger partial charge < -0.3 is 14.5 Å². The maximum Gasteiger partial charge on any atom is 0.258 e. The van der Waals surface area contributed by atoms with Crippen molar-refractivity contribution >= 4 is 23.2 Å². The first kappa shape index (κ1) is 23.5. The average molecular weight is 451 g/mol. The van der Waals surface area contributed by atoms with Gasteiger partial charge in [0.1, 0.15) is 12.3 Å². The number of nitrogens with zero attached hydrogens (tertiary/aromatic N) is 2. The Kier molecular flexibility index (Phi) is 7.70. The minimum Gasteiger partial charge on any atom is -0.496 e. The zero-order chi connectivity index (χ0) is 23.1. The summed E-state index contributed by atoms with van der Waals surface area (Å²) >= 11 is 1.62. The number of amides is 2. The lowest BCUT2D eigenvalue weighted by Gasteiger charge is -2.37. The van der Waals surface area contributed by atoms with Gasteiger partial charge in [0.25, 0.3) is 5.91 Å². The predicted molar refractivity (Wildman–Crippen MR) is 129 cm³/mol. The van der Waals surface area contributed by atoms with Crippen molar-refractivity contribution in [3.8, 4) is 5.75 Å². The van der Waals surface area contributed by atoms with Crippen LogP contribution in [-0.4, -0.2) is 40.8 Å². The molecule has 32 heavy (non-hydrogen) atoms. The molecule has 6 heteroatoms. The second-order valence-electron chi connectivity index (χ2n) is 8.58. The third-order valence-corrected chi connectivity index (χ3v) is 6.04. The minimum absolute atomic E-state index is 0.0153. The standard InChI is InChI=1S/C26H30N2O3S/c1-26(2,3)28(25(30)22-14-8-9-15-23(22)31-4)19-24(29)27(18-21-13-10-16-32-21)17-20-11-6-5-7-12-20/h5-16H,17-19H2,1-4H3. The molecule has 0 bridgehead atoms. The fourth-order valence-electron chi connectivity index (χ4n) is 3.44. The van der Waals surface area contributed by atoms with Crippen molar-refractivity contribution in [2.24, 2.45) is 0 Å². The van der Waals surface area contributed by atoms with E-state index in [0.717, 1.165) is 10.4 Å². The van der Waals surface area contributed by atoms with Gasteiger partial charge in [-0.3, -0.25) is 9.59 Å². The van der Waals surface area contributed by atoms with Gasteiger partial charge in [0.15, 0.2) is 0 Å². The Hall–Kier alpha value is -3.12. The Morgan fingerprint density at radius 1 is 0.906 bits per heavy atom. The summed E-state index contributed by atoms with van der Waals surface area (Å²) in [6.07, 6.45) is 0. The summed E-state index contributed by atoms with van der Waals surface area (Å²) < 4.78 is 5.39. The van der Waals surface area contributed by atoms with E-state index >= 15 is 0 Å². The van der Waals surface area contributed by atoms with E-state index in [1.54, 1.807) is 41.5 Å². The quantitative estimate of drug-likeness (QED) is 0.472. The molecule has 168 valence electrons. The lowest BCUT2D eigenvalue weighted by Crippen LogP contribution is -2.51. The van der Waals surface area contributed by atoms with Gasteiger partial charge in [-0.15, -0.1) is 11.3 Å². The maximum absolute atomic E-state index is 13.5. The molecule has 0 aliphatic carbocycles. The Morgan fingerprint density at radius 2 is 1.59 bits per heavy atom. The number of methoxy groups -OCH3 is 1. The third kappa shape index (κ3) is 5.98. The first-order valence-corrected chi connectivity index (χ1v) is 11.5. The van der Waals surface area contributed by atoms with Crippen molar-refractivity contribution in [3.63, 3.8) is 0 Å². The molecule has 5 nitrogen and oxygen atoms in total. The van der Waals surface area contributed by atoms with E-state index in [1.807, 2.05) is 79.6 Å². The zero-order valence-electron chi connectivity index (χ0n) is 19.1. The SMILES string of the molecule is COc1ccccc1C(=O)N(CC(=O)N(Cc1ccccc1)Cc1cccs1)C(C)(C)C. The molecule has 0 aliphatic rings. The van der Waals surface area contributed by atoms with Gasteiger partial charge in [-0.2, -0.15) is 0 Å². The zero-order valence-corrected chi connectivity index (χ0v) is 19.9. The Bertz CT molecular complexity index is 1030. The van der Waals surface area contributed by atoms with Gasteiger partial charge >= 0.3 is 0 Å². The van der Waals surface area contributed by atoms with Crippen LogP contribution in [0.1, 0.15) is 41.6 Å². The monoisotopic (exact) mass is 450 g/mol. The van der Waals surface area contributed by atoms with Gasteiger partial charge in [-0.25, -0.2) is 0 Å². The number of hydrogen-bond donors (Lipinski definition) is 0. The first-order chi connectivity index (χ1) is 15.3. The van der Waals surface area contributed by atoms with E-state index in [1.165, 1.54) is 0 Å². The molecule has 0 saturated carbocycles. The number of para-hydroxylation sites is 1. The van der Waals surface area contributed by atoms with Crippen LogP contribution in [0.4, 0.5) is 0 Å². The molecular formula is C26H30N2O3S. The largest absolute Gasteiger partial charge is 0.496 e. The van der Waals surface area contributed by atoms with E-state index in [-0.39, 0.29) is 18.4 Å². The molecule has 0 N–H and O–H groups in total. The van der Waals surface area contributed by atoms with Crippen LogP contribution in [0, 0.1) is 0 Å². The number of carbonyl (C=O) groups excluding carboxylic acids is 2. The van der Waals surface area contributed by atoms with Crippen molar-refractivity contribution in [3.05, 3.63) is 88.1 Å². The lowest BCUT2D eigenvalue weighted by molar-refractivity contribution is -0.134. The van der Waals surface area contributed by atoms with Crippen LogP contribution in [0.3, 0.4) is 0 Å². The summed E-state index contributed by atoms with van der Waals surface area (Å²) in [7, 11) is 1.54. The summed E-state index contributed by atoms with van der Waals surface area (Å²) in [5.74, 6) is 0.179. The van der Waals surface area contributed by atoms with Crippen LogP contribution in [0.25, 0.3) is 0 Å². The highest BCUT2D eigenvalue weighted by Gasteiger charge is 2.32. The summed E-state index contributed by atoms with van der Waals surface area (Å²) in [6, 6.07) is 21.0. The molecule has 2 amide bonds. The highest BCUT2D eigenvalue weighted by atomic mass is 32.1. The number of ether oxygens (including phenoxy) is 1. The van der Waals surface area contributed by atoms with Crippen LogP contribution >= 0.6 is 11.3 Å². The molecule has 0 fully saturated rings. The Balaban J connectivity index is 1.87. The fraction of sp³-hybridized carbons (Fsp3) is 0.308.